The van der Waals surface area contributed by atoms with E-state index in [2.05, 4.69) is 15.5 Å². The molecule has 1 aromatic heterocycles. The second kappa shape index (κ2) is 7.98. The number of hydrogen-bond donors (Lipinski definition) is 1. The summed E-state index contributed by atoms with van der Waals surface area (Å²) >= 11 is 2.60. The molecule has 1 amide bonds. The molecule has 1 heterocycles. The van der Waals surface area contributed by atoms with Crippen molar-refractivity contribution >= 4 is 34.1 Å². The summed E-state index contributed by atoms with van der Waals surface area (Å²) in [4.78, 5) is 11.7. The first-order chi connectivity index (χ1) is 11.2. The summed E-state index contributed by atoms with van der Waals surface area (Å²) in [6.07, 6.45) is -3.92. The van der Waals surface area contributed by atoms with Gasteiger partial charge in [-0.15, -0.1) is 10.2 Å². The van der Waals surface area contributed by atoms with E-state index >= 15 is 0 Å². The number of nitrogens with one attached hydrogen (secondary N) is 1. The minimum atomic E-state index is -4.33. The first-order valence-electron chi connectivity index (χ1n) is 7.16. The van der Waals surface area contributed by atoms with Crippen LogP contribution in [0.1, 0.15) is 31.4 Å². The maximum Gasteiger partial charge on any atom is 0.416 e. The largest absolute Gasteiger partial charge is 0.416 e. The summed E-state index contributed by atoms with van der Waals surface area (Å²) in [5, 5.41) is 11.0. The van der Waals surface area contributed by atoms with E-state index in [4.69, 9.17) is 0 Å². The molecule has 0 atom stereocenters. The third kappa shape index (κ3) is 5.79. The summed E-state index contributed by atoms with van der Waals surface area (Å²) in [5.74, 6) is 0.624. The highest BCUT2D eigenvalue weighted by molar-refractivity contribution is 8.00. The zero-order valence-corrected chi connectivity index (χ0v) is 14.7. The molecular weight excluding hydrogens is 359 g/mol. The molecule has 1 aromatic carbocycles. The van der Waals surface area contributed by atoms with Crippen LogP contribution in [-0.4, -0.2) is 16.1 Å². The standard InChI is InChI=1S/C15H16F3N3OS2/c1-9(2)7-12(22)19-13-20-21-14(24-13)23-8-10-3-5-11(6-4-10)15(16,17)18/h3-6,9H,7-8H2,1-2H3,(H,19,20,22). The first kappa shape index (κ1) is 18.7. The number of anilines is 1. The normalized spacial score (nSPS) is 11.8. The molecule has 0 bridgehead atoms. The highest BCUT2D eigenvalue weighted by Crippen LogP contribution is 2.31. The number of thioether (sulfide) groups is 1. The highest BCUT2D eigenvalue weighted by Gasteiger charge is 2.29. The Balaban J connectivity index is 1.88. The Morgan fingerprint density at radius 1 is 1.25 bits per heavy atom. The summed E-state index contributed by atoms with van der Waals surface area (Å²) in [5.41, 5.74) is 0.0934. The Kier molecular flexibility index (Phi) is 6.22. The van der Waals surface area contributed by atoms with Crippen LogP contribution in [0.4, 0.5) is 18.3 Å². The van der Waals surface area contributed by atoms with Crippen LogP contribution in [0.5, 0.6) is 0 Å². The lowest BCUT2D eigenvalue weighted by molar-refractivity contribution is -0.137. The molecule has 0 saturated heterocycles. The molecule has 9 heteroatoms. The molecule has 0 aliphatic heterocycles. The Labute approximate surface area is 145 Å². The van der Waals surface area contributed by atoms with Crippen molar-refractivity contribution in [3.05, 3.63) is 35.4 Å². The average Bonchev–Trinajstić information content (AvgIpc) is 2.91. The number of alkyl halides is 3. The number of halogens is 3. The van der Waals surface area contributed by atoms with Crippen LogP contribution in [0.2, 0.25) is 0 Å². The topological polar surface area (TPSA) is 54.9 Å². The molecule has 130 valence electrons. The number of carbonyl (C=O) groups is 1. The Morgan fingerprint density at radius 2 is 1.92 bits per heavy atom. The van der Waals surface area contributed by atoms with Crippen molar-refractivity contribution in [2.24, 2.45) is 5.92 Å². The van der Waals surface area contributed by atoms with Crippen LogP contribution >= 0.6 is 23.1 Å². The molecule has 0 radical (unpaired) electrons. The number of benzene rings is 1. The van der Waals surface area contributed by atoms with Gasteiger partial charge in [0, 0.05) is 12.2 Å². The van der Waals surface area contributed by atoms with Gasteiger partial charge in [-0.25, -0.2) is 0 Å². The van der Waals surface area contributed by atoms with E-state index < -0.39 is 11.7 Å². The number of aromatic nitrogens is 2. The molecule has 0 aliphatic rings. The third-order valence-corrected chi connectivity index (χ3v) is 4.93. The quantitative estimate of drug-likeness (QED) is 0.580. The molecule has 4 nitrogen and oxygen atoms in total. The van der Waals surface area contributed by atoms with Crippen molar-refractivity contribution in [1.82, 2.24) is 10.2 Å². The van der Waals surface area contributed by atoms with E-state index in [1.54, 1.807) is 0 Å². The number of nitrogens with zero attached hydrogens (tertiary/aromatic N) is 2. The van der Waals surface area contributed by atoms with Gasteiger partial charge in [0.05, 0.1) is 5.56 Å². The lowest BCUT2D eigenvalue weighted by Gasteiger charge is -2.06. The number of carbonyl (C=O) groups excluding carboxylic acids is 1. The van der Waals surface area contributed by atoms with E-state index in [0.717, 1.165) is 17.7 Å². The molecule has 0 unspecified atom stereocenters. The molecule has 2 rings (SSSR count). The van der Waals surface area contributed by atoms with Crippen molar-refractivity contribution in [3.8, 4) is 0 Å². The van der Waals surface area contributed by atoms with Crippen molar-refractivity contribution < 1.29 is 18.0 Å². The summed E-state index contributed by atoms with van der Waals surface area (Å²) in [7, 11) is 0. The molecule has 0 fully saturated rings. The smallest absolute Gasteiger partial charge is 0.300 e. The first-order valence-corrected chi connectivity index (χ1v) is 8.96. The zero-order chi connectivity index (χ0) is 17.7. The Bertz CT molecular complexity index is 684. The van der Waals surface area contributed by atoms with Crippen molar-refractivity contribution in [2.75, 3.05) is 5.32 Å². The van der Waals surface area contributed by atoms with Gasteiger partial charge in [-0.3, -0.25) is 4.79 Å². The van der Waals surface area contributed by atoms with Gasteiger partial charge < -0.3 is 5.32 Å². The summed E-state index contributed by atoms with van der Waals surface area (Å²) < 4.78 is 38.1. The van der Waals surface area contributed by atoms with Gasteiger partial charge in [0.25, 0.3) is 0 Å². The van der Waals surface area contributed by atoms with Gasteiger partial charge in [-0.1, -0.05) is 49.1 Å². The van der Waals surface area contributed by atoms with Gasteiger partial charge in [-0.05, 0) is 23.6 Å². The van der Waals surface area contributed by atoms with Gasteiger partial charge in [-0.2, -0.15) is 13.2 Å². The zero-order valence-electron chi connectivity index (χ0n) is 13.1. The van der Waals surface area contributed by atoms with Crippen LogP contribution < -0.4 is 5.32 Å². The maximum absolute atomic E-state index is 12.5. The van der Waals surface area contributed by atoms with Gasteiger partial charge in [0.1, 0.15) is 0 Å². The second-order valence-corrected chi connectivity index (χ2v) is 7.70. The van der Waals surface area contributed by atoms with Crippen molar-refractivity contribution in [3.63, 3.8) is 0 Å². The monoisotopic (exact) mass is 375 g/mol. The SMILES string of the molecule is CC(C)CC(=O)Nc1nnc(SCc2ccc(C(F)(F)F)cc2)s1. The average molecular weight is 375 g/mol. The van der Waals surface area contributed by atoms with Crippen LogP contribution in [0, 0.1) is 5.92 Å². The second-order valence-electron chi connectivity index (χ2n) is 5.50. The predicted molar refractivity (Wildman–Crippen MR) is 89.0 cm³/mol. The number of hydrogen-bond acceptors (Lipinski definition) is 5. The van der Waals surface area contributed by atoms with Crippen LogP contribution in [0.25, 0.3) is 0 Å². The van der Waals surface area contributed by atoms with Crippen LogP contribution in [0.3, 0.4) is 0 Å². The molecule has 2 aromatic rings. The van der Waals surface area contributed by atoms with E-state index in [9.17, 15) is 18.0 Å². The minimum absolute atomic E-state index is 0.111. The molecule has 0 aliphatic carbocycles. The molecule has 24 heavy (non-hydrogen) atoms. The van der Waals surface area contributed by atoms with Crippen molar-refractivity contribution in [2.45, 2.75) is 36.5 Å². The van der Waals surface area contributed by atoms with Gasteiger partial charge in [0.2, 0.25) is 11.0 Å². The fraction of sp³-hybridized carbons (Fsp3) is 0.400. The fourth-order valence-electron chi connectivity index (χ4n) is 1.79. The Hall–Kier alpha value is -1.61. The van der Waals surface area contributed by atoms with E-state index in [1.807, 2.05) is 13.8 Å². The fourth-order valence-corrected chi connectivity index (χ4v) is 3.52. The molecule has 1 N–H and O–H groups in total. The van der Waals surface area contributed by atoms with Crippen molar-refractivity contribution in [1.29, 1.82) is 0 Å². The third-order valence-electron chi connectivity index (χ3n) is 2.89. The van der Waals surface area contributed by atoms with Gasteiger partial charge >= 0.3 is 6.18 Å². The van der Waals surface area contributed by atoms with E-state index in [-0.39, 0.29) is 11.8 Å². The maximum atomic E-state index is 12.5. The number of rotatable bonds is 6. The predicted octanol–water partition coefficient (Wildman–Crippen LogP) is 4.83. The van der Waals surface area contributed by atoms with Crippen LogP contribution in [0.15, 0.2) is 28.6 Å². The number of amides is 1. The molecule has 0 saturated carbocycles. The van der Waals surface area contributed by atoms with E-state index in [0.29, 0.717) is 21.6 Å². The highest BCUT2D eigenvalue weighted by atomic mass is 32.2. The lowest BCUT2D eigenvalue weighted by Crippen LogP contribution is -2.13. The minimum Gasteiger partial charge on any atom is -0.300 e. The van der Waals surface area contributed by atoms with E-state index in [1.165, 1.54) is 35.2 Å². The lowest BCUT2D eigenvalue weighted by atomic mass is 10.1. The van der Waals surface area contributed by atoms with Gasteiger partial charge in [0.15, 0.2) is 4.34 Å². The van der Waals surface area contributed by atoms with Crippen LogP contribution in [-0.2, 0) is 16.7 Å². The molecule has 0 spiro atoms. The Morgan fingerprint density at radius 3 is 2.50 bits per heavy atom. The molecular formula is C15H16F3N3OS2. The summed E-state index contributed by atoms with van der Waals surface area (Å²) in [6.45, 7) is 3.90. The summed E-state index contributed by atoms with van der Waals surface area (Å²) in [6, 6.07) is 5.02.